The summed E-state index contributed by atoms with van der Waals surface area (Å²) in [6.45, 7) is 10.7. The maximum atomic E-state index is 11.8. The summed E-state index contributed by atoms with van der Waals surface area (Å²) in [7, 11) is 0. The molecular formula is C12H22N4OS. The fraction of sp³-hybridized carbons (Fsp3) is 0.750. The Morgan fingerprint density at radius 1 is 1.28 bits per heavy atom. The predicted molar refractivity (Wildman–Crippen MR) is 74.9 cm³/mol. The van der Waals surface area contributed by atoms with Crippen LogP contribution in [-0.2, 0) is 4.79 Å². The topological polar surface area (TPSA) is 66.9 Å². The lowest BCUT2D eigenvalue weighted by Gasteiger charge is -2.14. The molecule has 1 rings (SSSR count). The number of carbonyl (C=O) groups is 1. The Bertz CT molecular complexity index is 389. The molecule has 0 aliphatic rings. The molecule has 0 radical (unpaired) electrons. The Balaban J connectivity index is 2.47. The Labute approximate surface area is 113 Å². The van der Waals surface area contributed by atoms with Crippen LogP contribution in [0.25, 0.3) is 0 Å². The molecule has 0 bridgehead atoms. The van der Waals surface area contributed by atoms with E-state index < -0.39 is 0 Å². The molecule has 5 nitrogen and oxygen atoms in total. The van der Waals surface area contributed by atoms with Crippen molar-refractivity contribution < 1.29 is 4.79 Å². The molecule has 6 heteroatoms. The molecule has 1 amide bonds. The number of hydrogen-bond acceptors (Lipinski definition) is 5. The van der Waals surface area contributed by atoms with Crippen LogP contribution < -0.4 is 10.6 Å². The van der Waals surface area contributed by atoms with Gasteiger partial charge in [-0.2, -0.15) is 4.37 Å². The molecule has 0 saturated carbocycles. The summed E-state index contributed by atoms with van der Waals surface area (Å²) in [5.74, 6) is 1.57. The van der Waals surface area contributed by atoms with Crippen LogP contribution in [0.3, 0.4) is 0 Å². The molecule has 0 aliphatic carbocycles. The number of nitrogens with one attached hydrogen (secondary N) is 2. The first kappa shape index (κ1) is 14.9. The number of amides is 1. The average molecular weight is 270 g/mol. The van der Waals surface area contributed by atoms with Crippen molar-refractivity contribution in [1.82, 2.24) is 14.7 Å². The summed E-state index contributed by atoms with van der Waals surface area (Å²) in [5.41, 5.74) is 0. The Hall–Kier alpha value is -1.17. The van der Waals surface area contributed by atoms with Gasteiger partial charge >= 0.3 is 0 Å². The van der Waals surface area contributed by atoms with Gasteiger partial charge < -0.3 is 10.6 Å². The predicted octanol–water partition coefficient (Wildman–Crippen LogP) is 2.23. The van der Waals surface area contributed by atoms with Gasteiger partial charge in [-0.15, -0.1) is 0 Å². The summed E-state index contributed by atoms with van der Waals surface area (Å²) in [4.78, 5) is 16.1. The number of nitrogens with zero attached hydrogens (tertiary/aromatic N) is 2. The highest BCUT2D eigenvalue weighted by Gasteiger charge is 2.15. The first-order valence-electron chi connectivity index (χ1n) is 6.28. The number of carbonyl (C=O) groups excluding carboxylic acids is 1. The lowest BCUT2D eigenvalue weighted by molar-refractivity contribution is -0.121. The highest BCUT2D eigenvalue weighted by molar-refractivity contribution is 7.09. The zero-order chi connectivity index (χ0) is 13.7. The van der Waals surface area contributed by atoms with Gasteiger partial charge in [-0.05, 0) is 12.8 Å². The lowest BCUT2D eigenvalue weighted by atomic mass is 10.2. The average Bonchev–Trinajstić information content (AvgIpc) is 2.74. The van der Waals surface area contributed by atoms with E-state index >= 15 is 0 Å². The third-order valence-corrected chi connectivity index (χ3v) is 3.04. The molecule has 0 spiro atoms. The van der Waals surface area contributed by atoms with Crippen molar-refractivity contribution >= 4 is 22.6 Å². The third kappa shape index (κ3) is 4.60. The second kappa shape index (κ2) is 6.68. The Morgan fingerprint density at radius 3 is 2.44 bits per heavy atom. The minimum atomic E-state index is -0.295. The lowest BCUT2D eigenvalue weighted by Crippen LogP contribution is -2.39. The minimum absolute atomic E-state index is 0.00926. The number of hydrogen-bond donors (Lipinski definition) is 2. The highest BCUT2D eigenvalue weighted by Crippen LogP contribution is 2.17. The van der Waals surface area contributed by atoms with E-state index in [1.165, 1.54) is 11.5 Å². The van der Waals surface area contributed by atoms with E-state index in [4.69, 9.17) is 0 Å². The Morgan fingerprint density at radius 2 is 1.94 bits per heavy atom. The molecule has 0 aliphatic heterocycles. The number of rotatable bonds is 6. The molecule has 102 valence electrons. The molecule has 1 aromatic heterocycles. The van der Waals surface area contributed by atoms with E-state index in [1.54, 1.807) is 0 Å². The standard InChI is InChI=1S/C12H22N4OS/c1-7(2)6-13-11(17)9(5)14-12-15-10(8(3)4)16-18-12/h7-9H,6H2,1-5H3,(H,13,17)(H,14,15,16). The third-order valence-electron chi connectivity index (χ3n) is 2.38. The van der Waals surface area contributed by atoms with Gasteiger partial charge in [-0.1, -0.05) is 27.7 Å². The summed E-state index contributed by atoms with van der Waals surface area (Å²) in [6.07, 6.45) is 0. The van der Waals surface area contributed by atoms with E-state index in [0.29, 0.717) is 23.5 Å². The van der Waals surface area contributed by atoms with Crippen molar-refractivity contribution in [3.8, 4) is 0 Å². The quantitative estimate of drug-likeness (QED) is 0.832. The molecule has 1 atom stereocenters. The van der Waals surface area contributed by atoms with Gasteiger partial charge in [0.15, 0.2) is 0 Å². The molecule has 2 N–H and O–H groups in total. The van der Waals surface area contributed by atoms with Gasteiger partial charge in [0, 0.05) is 24.0 Å². The fourth-order valence-electron chi connectivity index (χ4n) is 1.24. The largest absolute Gasteiger partial charge is 0.354 e. The van der Waals surface area contributed by atoms with Crippen molar-refractivity contribution in [2.24, 2.45) is 5.92 Å². The zero-order valence-electron chi connectivity index (χ0n) is 11.7. The fourth-order valence-corrected chi connectivity index (χ4v) is 2.03. The van der Waals surface area contributed by atoms with Crippen molar-refractivity contribution in [1.29, 1.82) is 0 Å². The van der Waals surface area contributed by atoms with Crippen LogP contribution in [0.2, 0.25) is 0 Å². The van der Waals surface area contributed by atoms with E-state index in [9.17, 15) is 4.79 Å². The second-order valence-corrected chi connectivity index (χ2v) is 5.87. The second-order valence-electron chi connectivity index (χ2n) is 5.12. The van der Waals surface area contributed by atoms with Crippen LogP contribution >= 0.6 is 11.5 Å². The van der Waals surface area contributed by atoms with Gasteiger partial charge in [0.2, 0.25) is 11.0 Å². The summed E-state index contributed by atoms with van der Waals surface area (Å²) in [5, 5.41) is 6.66. The zero-order valence-corrected chi connectivity index (χ0v) is 12.5. The van der Waals surface area contributed by atoms with Gasteiger partial charge in [0.25, 0.3) is 0 Å². The normalized spacial score (nSPS) is 12.8. The van der Waals surface area contributed by atoms with Crippen LogP contribution in [-0.4, -0.2) is 27.9 Å². The van der Waals surface area contributed by atoms with E-state index in [2.05, 4.69) is 33.8 Å². The van der Waals surface area contributed by atoms with Gasteiger partial charge in [0.1, 0.15) is 11.9 Å². The molecule has 1 aromatic rings. The van der Waals surface area contributed by atoms with Crippen LogP contribution in [0.5, 0.6) is 0 Å². The molecule has 0 fully saturated rings. The number of aromatic nitrogens is 2. The molecule has 0 saturated heterocycles. The summed E-state index contributed by atoms with van der Waals surface area (Å²) < 4.78 is 4.24. The van der Waals surface area contributed by atoms with Crippen LogP contribution in [0.1, 0.15) is 46.4 Å². The van der Waals surface area contributed by atoms with E-state index in [-0.39, 0.29) is 11.9 Å². The SMILES string of the molecule is CC(C)CNC(=O)C(C)Nc1nc(C(C)C)ns1. The first-order chi connectivity index (χ1) is 8.40. The maximum Gasteiger partial charge on any atom is 0.242 e. The molecular weight excluding hydrogens is 248 g/mol. The monoisotopic (exact) mass is 270 g/mol. The molecule has 18 heavy (non-hydrogen) atoms. The minimum Gasteiger partial charge on any atom is -0.354 e. The Kier molecular flexibility index (Phi) is 5.53. The van der Waals surface area contributed by atoms with Crippen LogP contribution in [0, 0.1) is 5.92 Å². The van der Waals surface area contributed by atoms with Crippen LogP contribution in [0.15, 0.2) is 0 Å². The van der Waals surface area contributed by atoms with Crippen molar-refractivity contribution in [2.75, 3.05) is 11.9 Å². The summed E-state index contributed by atoms with van der Waals surface area (Å²) in [6, 6.07) is -0.295. The molecule has 1 heterocycles. The maximum absolute atomic E-state index is 11.8. The van der Waals surface area contributed by atoms with Gasteiger partial charge in [0.05, 0.1) is 0 Å². The van der Waals surface area contributed by atoms with E-state index in [1.807, 2.05) is 20.8 Å². The highest BCUT2D eigenvalue weighted by atomic mass is 32.1. The van der Waals surface area contributed by atoms with Crippen molar-refractivity contribution in [2.45, 2.75) is 46.6 Å². The molecule has 1 unspecified atom stereocenters. The van der Waals surface area contributed by atoms with Gasteiger partial charge in [-0.25, -0.2) is 4.98 Å². The van der Waals surface area contributed by atoms with Crippen molar-refractivity contribution in [3.63, 3.8) is 0 Å². The first-order valence-corrected chi connectivity index (χ1v) is 7.05. The van der Waals surface area contributed by atoms with Crippen LogP contribution in [0.4, 0.5) is 5.13 Å². The molecule has 0 aromatic carbocycles. The van der Waals surface area contributed by atoms with E-state index in [0.717, 1.165) is 5.82 Å². The smallest absolute Gasteiger partial charge is 0.242 e. The van der Waals surface area contributed by atoms with Gasteiger partial charge in [-0.3, -0.25) is 4.79 Å². The number of anilines is 1. The van der Waals surface area contributed by atoms with Crippen molar-refractivity contribution in [3.05, 3.63) is 5.82 Å². The summed E-state index contributed by atoms with van der Waals surface area (Å²) >= 11 is 1.30.